The number of aryl methyl sites for hydroxylation is 1. The maximum Gasteiger partial charge on any atom is 0.234 e. The molecule has 0 aliphatic carbocycles. The Kier molecular flexibility index (Phi) is 6.44. The molecule has 2 heterocycles. The number of ether oxygens (including phenoxy) is 1. The molecule has 30 heavy (non-hydrogen) atoms. The second-order valence-electron chi connectivity index (χ2n) is 7.26. The third-order valence-electron chi connectivity index (χ3n) is 4.90. The number of nitrogens with one attached hydrogen (secondary N) is 1. The molecule has 1 aliphatic rings. The van der Waals surface area contributed by atoms with E-state index < -0.39 is 0 Å². The third kappa shape index (κ3) is 5.06. The summed E-state index contributed by atoms with van der Waals surface area (Å²) in [4.78, 5) is 12.4. The van der Waals surface area contributed by atoms with Gasteiger partial charge in [0.05, 0.1) is 18.4 Å². The fourth-order valence-electron chi connectivity index (χ4n) is 3.33. The highest BCUT2D eigenvalue weighted by Crippen LogP contribution is 2.27. The Morgan fingerprint density at radius 3 is 2.67 bits per heavy atom. The summed E-state index contributed by atoms with van der Waals surface area (Å²) in [6.45, 7) is 3.35. The molecule has 0 radical (unpaired) electrons. The van der Waals surface area contributed by atoms with Crippen molar-refractivity contribution in [3.8, 4) is 11.4 Å². The van der Waals surface area contributed by atoms with E-state index >= 15 is 0 Å². The molecule has 1 fully saturated rings. The summed E-state index contributed by atoms with van der Waals surface area (Å²) in [5.41, 5.74) is 2.68. The predicted molar refractivity (Wildman–Crippen MR) is 115 cm³/mol. The molecule has 1 saturated heterocycles. The molecule has 156 valence electrons. The van der Waals surface area contributed by atoms with Crippen LogP contribution < -0.4 is 5.32 Å². The normalized spacial score (nSPS) is 16.0. The summed E-state index contributed by atoms with van der Waals surface area (Å²) in [7, 11) is 0. The van der Waals surface area contributed by atoms with Crippen LogP contribution in [0.4, 0.5) is 10.1 Å². The molecular weight excluding hydrogens is 403 g/mol. The zero-order valence-corrected chi connectivity index (χ0v) is 17.5. The molecule has 1 aliphatic heterocycles. The molecule has 0 bridgehead atoms. The minimum Gasteiger partial charge on any atom is -0.376 e. The second kappa shape index (κ2) is 9.40. The molecule has 2 aromatic carbocycles. The summed E-state index contributed by atoms with van der Waals surface area (Å²) >= 11 is 1.33. The quantitative estimate of drug-likeness (QED) is 0.571. The zero-order chi connectivity index (χ0) is 20.9. The molecule has 0 unspecified atom stereocenters. The first-order chi connectivity index (χ1) is 14.6. The van der Waals surface area contributed by atoms with Gasteiger partial charge in [0.25, 0.3) is 0 Å². The summed E-state index contributed by atoms with van der Waals surface area (Å²) in [6.07, 6.45) is 2.08. The highest BCUT2D eigenvalue weighted by molar-refractivity contribution is 7.99. The third-order valence-corrected chi connectivity index (χ3v) is 5.86. The molecular formula is C22H23FN4O2S. The summed E-state index contributed by atoms with van der Waals surface area (Å²) in [5, 5.41) is 12.1. The Labute approximate surface area is 178 Å². The number of rotatable bonds is 7. The van der Waals surface area contributed by atoms with Crippen LogP contribution in [0.3, 0.4) is 0 Å². The average Bonchev–Trinajstić information content (AvgIpc) is 3.39. The lowest BCUT2D eigenvalue weighted by atomic mass is 10.2. The molecule has 3 aromatic rings. The number of thioether (sulfide) groups is 1. The van der Waals surface area contributed by atoms with Gasteiger partial charge in [0.15, 0.2) is 11.0 Å². The predicted octanol–water partition coefficient (Wildman–Crippen LogP) is 4.30. The number of nitrogens with zero attached hydrogens (tertiary/aromatic N) is 3. The Morgan fingerprint density at radius 1 is 1.20 bits per heavy atom. The van der Waals surface area contributed by atoms with E-state index in [0.717, 1.165) is 36.3 Å². The highest BCUT2D eigenvalue weighted by Gasteiger charge is 2.22. The first-order valence-corrected chi connectivity index (χ1v) is 10.9. The van der Waals surface area contributed by atoms with Gasteiger partial charge < -0.3 is 10.1 Å². The van der Waals surface area contributed by atoms with E-state index in [1.54, 1.807) is 12.1 Å². The van der Waals surface area contributed by atoms with Crippen molar-refractivity contribution in [2.24, 2.45) is 0 Å². The van der Waals surface area contributed by atoms with Crippen LogP contribution in [0, 0.1) is 12.7 Å². The van der Waals surface area contributed by atoms with Gasteiger partial charge in [0.2, 0.25) is 5.91 Å². The van der Waals surface area contributed by atoms with Crippen LogP contribution in [-0.2, 0) is 16.1 Å². The van der Waals surface area contributed by atoms with Gasteiger partial charge in [-0.25, -0.2) is 4.39 Å². The molecule has 1 amide bonds. The Bertz CT molecular complexity index is 999. The minimum absolute atomic E-state index is 0.0842. The smallest absolute Gasteiger partial charge is 0.234 e. The van der Waals surface area contributed by atoms with Gasteiger partial charge >= 0.3 is 0 Å². The molecule has 0 spiro atoms. The van der Waals surface area contributed by atoms with E-state index in [1.165, 1.54) is 23.9 Å². The minimum atomic E-state index is -0.300. The number of anilines is 1. The standard InChI is InChI=1S/C22H23FN4O2S/c1-15-4-10-18(11-5-15)24-20(28)14-30-22-26-25-21(16-6-8-17(23)9-7-16)27(22)13-19-3-2-12-29-19/h4-11,19H,2-3,12-14H2,1H3,(H,24,28)/t19-/m1/s1. The van der Waals surface area contributed by atoms with Crippen LogP contribution in [0.2, 0.25) is 0 Å². The molecule has 1 atom stereocenters. The Balaban J connectivity index is 1.49. The number of halogens is 1. The largest absolute Gasteiger partial charge is 0.376 e. The first-order valence-electron chi connectivity index (χ1n) is 9.88. The fourth-order valence-corrected chi connectivity index (χ4v) is 4.08. The van der Waals surface area contributed by atoms with Crippen molar-refractivity contribution in [2.75, 3.05) is 17.7 Å². The average molecular weight is 427 g/mol. The zero-order valence-electron chi connectivity index (χ0n) is 16.7. The van der Waals surface area contributed by atoms with E-state index in [4.69, 9.17) is 4.74 Å². The summed E-state index contributed by atoms with van der Waals surface area (Å²) < 4.78 is 21.1. The van der Waals surface area contributed by atoms with E-state index in [-0.39, 0.29) is 23.6 Å². The van der Waals surface area contributed by atoms with Crippen molar-refractivity contribution in [2.45, 2.75) is 37.6 Å². The van der Waals surface area contributed by atoms with Crippen molar-refractivity contribution in [3.05, 3.63) is 59.9 Å². The fraction of sp³-hybridized carbons (Fsp3) is 0.318. The SMILES string of the molecule is Cc1ccc(NC(=O)CSc2nnc(-c3ccc(F)cc3)n2C[C@H]2CCCO2)cc1. The molecule has 8 heteroatoms. The molecule has 4 rings (SSSR count). The van der Waals surface area contributed by atoms with Crippen molar-refractivity contribution in [1.29, 1.82) is 0 Å². The maximum atomic E-state index is 13.3. The van der Waals surface area contributed by atoms with Crippen molar-refractivity contribution in [3.63, 3.8) is 0 Å². The number of aromatic nitrogens is 3. The van der Waals surface area contributed by atoms with Crippen LogP contribution >= 0.6 is 11.8 Å². The summed E-state index contributed by atoms with van der Waals surface area (Å²) in [6, 6.07) is 13.8. The topological polar surface area (TPSA) is 69.0 Å². The number of hydrogen-bond donors (Lipinski definition) is 1. The number of hydrogen-bond acceptors (Lipinski definition) is 5. The second-order valence-corrected chi connectivity index (χ2v) is 8.20. The van der Waals surface area contributed by atoms with Gasteiger partial charge in [-0.1, -0.05) is 29.5 Å². The van der Waals surface area contributed by atoms with Gasteiger partial charge in [-0.05, 0) is 56.2 Å². The van der Waals surface area contributed by atoms with E-state index in [9.17, 15) is 9.18 Å². The van der Waals surface area contributed by atoms with Crippen LogP contribution in [0.1, 0.15) is 18.4 Å². The molecule has 1 aromatic heterocycles. The van der Waals surface area contributed by atoms with Crippen LogP contribution in [0.5, 0.6) is 0 Å². The number of carbonyl (C=O) groups is 1. The molecule has 0 saturated carbocycles. The van der Waals surface area contributed by atoms with Crippen molar-refractivity contribution in [1.82, 2.24) is 14.8 Å². The van der Waals surface area contributed by atoms with Crippen molar-refractivity contribution >= 4 is 23.4 Å². The Hall–Kier alpha value is -2.71. The first kappa shape index (κ1) is 20.6. The van der Waals surface area contributed by atoms with Crippen LogP contribution in [-0.4, -0.2) is 39.1 Å². The lowest BCUT2D eigenvalue weighted by Crippen LogP contribution is -2.18. The maximum absolute atomic E-state index is 13.3. The number of benzene rings is 2. The van der Waals surface area contributed by atoms with Gasteiger partial charge in [-0.2, -0.15) is 0 Å². The lowest BCUT2D eigenvalue weighted by Gasteiger charge is -2.14. The van der Waals surface area contributed by atoms with Crippen LogP contribution in [0.15, 0.2) is 53.7 Å². The van der Waals surface area contributed by atoms with Crippen molar-refractivity contribution < 1.29 is 13.9 Å². The monoisotopic (exact) mass is 426 g/mol. The molecule has 1 N–H and O–H groups in total. The molecule has 6 nitrogen and oxygen atoms in total. The number of carbonyl (C=O) groups excluding carboxylic acids is 1. The Morgan fingerprint density at radius 2 is 1.97 bits per heavy atom. The van der Waals surface area contributed by atoms with Gasteiger partial charge in [0, 0.05) is 17.9 Å². The van der Waals surface area contributed by atoms with Gasteiger partial charge in [-0.15, -0.1) is 10.2 Å². The van der Waals surface area contributed by atoms with E-state index in [0.29, 0.717) is 17.5 Å². The summed E-state index contributed by atoms with van der Waals surface area (Å²) in [5.74, 6) is 0.443. The van der Waals surface area contributed by atoms with E-state index in [2.05, 4.69) is 15.5 Å². The number of amides is 1. The van der Waals surface area contributed by atoms with Gasteiger partial charge in [-0.3, -0.25) is 9.36 Å². The highest BCUT2D eigenvalue weighted by atomic mass is 32.2. The van der Waals surface area contributed by atoms with E-state index in [1.807, 2.05) is 35.8 Å². The van der Waals surface area contributed by atoms with Gasteiger partial charge in [0.1, 0.15) is 5.82 Å². The lowest BCUT2D eigenvalue weighted by molar-refractivity contribution is -0.113. The van der Waals surface area contributed by atoms with Crippen LogP contribution in [0.25, 0.3) is 11.4 Å².